The Balaban J connectivity index is 1.37. The number of pyridine rings is 1. The number of fused-ring (bicyclic) bond motifs is 1. The number of nitrogens with zero attached hydrogens (tertiary/aromatic N) is 1. The molecule has 0 saturated carbocycles. The molecule has 6 heteroatoms. The van der Waals surface area contributed by atoms with Crippen LogP contribution in [0.1, 0.15) is 0 Å². The molecule has 0 bridgehead atoms. The molecule has 0 aliphatic carbocycles. The van der Waals surface area contributed by atoms with Gasteiger partial charge in [-0.3, -0.25) is 0 Å². The monoisotopic (exact) mass is 410 g/mol. The highest BCUT2D eigenvalue weighted by atomic mass is 32.1. The third-order valence-corrected chi connectivity index (χ3v) is 5.80. The molecule has 0 saturated heterocycles. The summed E-state index contributed by atoms with van der Waals surface area (Å²) in [6, 6.07) is 23.2. The third-order valence-electron chi connectivity index (χ3n) is 4.86. The highest BCUT2D eigenvalue weighted by Gasteiger charge is 2.13. The van der Waals surface area contributed by atoms with Gasteiger partial charge < -0.3 is 15.6 Å². The molecule has 2 amide bonds. The van der Waals surface area contributed by atoms with E-state index in [1.54, 1.807) is 11.3 Å². The van der Waals surface area contributed by atoms with E-state index in [4.69, 9.17) is 0 Å². The Labute approximate surface area is 177 Å². The average molecular weight is 411 g/mol. The molecular weight excluding hydrogens is 392 g/mol. The summed E-state index contributed by atoms with van der Waals surface area (Å²) in [7, 11) is 0. The molecule has 5 aromatic rings. The van der Waals surface area contributed by atoms with Crippen LogP contribution < -0.4 is 10.6 Å². The number of H-pyrrole nitrogens is 1. The van der Waals surface area contributed by atoms with Gasteiger partial charge in [0.25, 0.3) is 0 Å². The molecule has 5 rings (SSSR count). The van der Waals surface area contributed by atoms with Gasteiger partial charge in [-0.2, -0.15) is 0 Å². The number of hydrogen-bond donors (Lipinski definition) is 3. The average Bonchev–Trinajstić information content (AvgIpc) is 3.44. The minimum Gasteiger partial charge on any atom is -0.346 e. The van der Waals surface area contributed by atoms with E-state index in [1.165, 1.54) is 4.88 Å². The Morgan fingerprint density at radius 2 is 1.60 bits per heavy atom. The summed E-state index contributed by atoms with van der Waals surface area (Å²) < 4.78 is 0. The van der Waals surface area contributed by atoms with Gasteiger partial charge in [-0.15, -0.1) is 11.3 Å². The maximum atomic E-state index is 12.2. The molecule has 2 aromatic carbocycles. The number of hydrogen-bond acceptors (Lipinski definition) is 3. The molecule has 3 aromatic heterocycles. The van der Waals surface area contributed by atoms with Gasteiger partial charge in [-0.1, -0.05) is 30.3 Å². The number of anilines is 2. The van der Waals surface area contributed by atoms with Crippen LogP contribution in [0.2, 0.25) is 0 Å². The van der Waals surface area contributed by atoms with E-state index in [2.05, 4.69) is 44.2 Å². The van der Waals surface area contributed by atoms with Crippen molar-refractivity contribution >= 4 is 39.8 Å². The molecule has 0 aliphatic rings. The zero-order chi connectivity index (χ0) is 20.3. The number of aromatic nitrogens is 2. The van der Waals surface area contributed by atoms with E-state index < -0.39 is 0 Å². The smallest absolute Gasteiger partial charge is 0.323 e. The predicted octanol–water partition coefficient (Wildman–Crippen LogP) is 6.60. The molecular formula is C24H18N4OS. The lowest BCUT2D eigenvalue weighted by Gasteiger charge is -2.09. The van der Waals surface area contributed by atoms with Gasteiger partial charge in [0.05, 0.1) is 0 Å². The maximum Gasteiger partial charge on any atom is 0.323 e. The van der Waals surface area contributed by atoms with Crippen LogP contribution in [0.5, 0.6) is 0 Å². The number of aromatic amines is 1. The first kappa shape index (κ1) is 18.1. The van der Waals surface area contributed by atoms with E-state index in [9.17, 15) is 4.79 Å². The van der Waals surface area contributed by atoms with Crippen LogP contribution in [-0.2, 0) is 0 Å². The first-order valence-electron chi connectivity index (χ1n) is 9.51. The second-order valence-electron chi connectivity index (χ2n) is 6.78. The second kappa shape index (κ2) is 7.85. The van der Waals surface area contributed by atoms with E-state index >= 15 is 0 Å². The third kappa shape index (κ3) is 3.56. The number of amides is 2. The fourth-order valence-electron chi connectivity index (χ4n) is 3.45. The Kier molecular flexibility index (Phi) is 4.75. The summed E-state index contributed by atoms with van der Waals surface area (Å²) in [5.41, 5.74) is 5.80. The second-order valence-corrected chi connectivity index (χ2v) is 7.70. The van der Waals surface area contributed by atoms with E-state index in [-0.39, 0.29) is 6.03 Å². The zero-order valence-electron chi connectivity index (χ0n) is 15.9. The summed E-state index contributed by atoms with van der Waals surface area (Å²) in [4.78, 5) is 21.0. The van der Waals surface area contributed by atoms with Gasteiger partial charge in [0, 0.05) is 45.2 Å². The van der Waals surface area contributed by atoms with E-state index in [0.717, 1.165) is 39.1 Å². The van der Waals surface area contributed by atoms with Crippen LogP contribution in [0.15, 0.2) is 90.6 Å². The standard InChI is InChI=1S/C24H18N4OS/c29-24(27-17-4-2-1-3-5-17)28-18-8-6-16(7-9-18)19-12-15-30-22(19)20-10-13-25-23-21(20)11-14-26-23/h1-15H,(H,25,26)(H2,27,28,29). The van der Waals surface area contributed by atoms with Crippen molar-refractivity contribution in [2.75, 3.05) is 10.6 Å². The molecule has 0 radical (unpaired) electrons. The summed E-state index contributed by atoms with van der Waals surface area (Å²) in [5.74, 6) is 0. The number of carbonyl (C=O) groups excluding carboxylic acids is 1. The van der Waals surface area contributed by atoms with Crippen molar-refractivity contribution in [1.29, 1.82) is 0 Å². The lowest BCUT2D eigenvalue weighted by atomic mass is 10.0. The zero-order valence-corrected chi connectivity index (χ0v) is 16.7. The first-order valence-corrected chi connectivity index (χ1v) is 10.4. The van der Waals surface area contributed by atoms with E-state index in [1.807, 2.05) is 67.0 Å². The molecule has 3 heterocycles. The van der Waals surface area contributed by atoms with Crippen molar-refractivity contribution in [3.05, 3.63) is 90.6 Å². The highest BCUT2D eigenvalue weighted by molar-refractivity contribution is 7.14. The highest BCUT2D eigenvalue weighted by Crippen LogP contribution is 2.39. The maximum absolute atomic E-state index is 12.2. The summed E-state index contributed by atoms with van der Waals surface area (Å²) in [5, 5.41) is 8.90. The predicted molar refractivity (Wildman–Crippen MR) is 124 cm³/mol. The topological polar surface area (TPSA) is 69.8 Å². The molecule has 146 valence electrons. The number of carbonyl (C=O) groups is 1. The Morgan fingerprint density at radius 1 is 0.833 bits per heavy atom. The molecule has 0 aliphatic heterocycles. The van der Waals surface area contributed by atoms with Gasteiger partial charge in [0.2, 0.25) is 0 Å². The Morgan fingerprint density at radius 3 is 2.40 bits per heavy atom. The van der Waals surface area contributed by atoms with Crippen LogP contribution >= 0.6 is 11.3 Å². The number of nitrogens with one attached hydrogen (secondary N) is 3. The molecule has 0 atom stereocenters. The van der Waals surface area contributed by atoms with Gasteiger partial charge in [-0.25, -0.2) is 9.78 Å². The van der Waals surface area contributed by atoms with Crippen molar-refractivity contribution in [3.8, 4) is 21.6 Å². The largest absolute Gasteiger partial charge is 0.346 e. The lowest BCUT2D eigenvalue weighted by molar-refractivity contribution is 0.262. The summed E-state index contributed by atoms with van der Waals surface area (Å²) in [6.07, 6.45) is 3.74. The van der Waals surface area contributed by atoms with Crippen LogP contribution in [0.25, 0.3) is 32.6 Å². The molecule has 5 nitrogen and oxygen atoms in total. The van der Waals surface area contributed by atoms with Crippen LogP contribution in [0.4, 0.5) is 16.2 Å². The Hall–Kier alpha value is -3.90. The van der Waals surface area contributed by atoms with Crippen LogP contribution in [0.3, 0.4) is 0 Å². The molecule has 0 fully saturated rings. The fourth-order valence-corrected chi connectivity index (χ4v) is 4.41. The minimum atomic E-state index is -0.267. The summed E-state index contributed by atoms with van der Waals surface area (Å²) in [6.45, 7) is 0. The van der Waals surface area contributed by atoms with Crippen molar-refractivity contribution < 1.29 is 4.79 Å². The molecule has 30 heavy (non-hydrogen) atoms. The van der Waals surface area contributed by atoms with Gasteiger partial charge >= 0.3 is 6.03 Å². The number of para-hydroxylation sites is 1. The van der Waals surface area contributed by atoms with Crippen molar-refractivity contribution in [2.45, 2.75) is 0 Å². The first-order chi connectivity index (χ1) is 14.8. The van der Waals surface area contributed by atoms with Crippen LogP contribution in [-0.4, -0.2) is 16.0 Å². The van der Waals surface area contributed by atoms with Gasteiger partial charge in [0.15, 0.2) is 0 Å². The SMILES string of the molecule is O=C(Nc1ccccc1)Nc1ccc(-c2ccsc2-c2ccnc3[nH]ccc23)cc1. The fraction of sp³-hybridized carbons (Fsp3) is 0. The normalized spacial score (nSPS) is 10.8. The Bertz CT molecular complexity index is 1310. The van der Waals surface area contributed by atoms with Crippen molar-refractivity contribution in [3.63, 3.8) is 0 Å². The van der Waals surface area contributed by atoms with Gasteiger partial charge in [-0.05, 0) is 53.4 Å². The number of thiophene rings is 1. The van der Waals surface area contributed by atoms with Crippen LogP contribution in [0, 0.1) is 0 Å². The molecule has 3 N–H and O–H groups in total. The molecule has 0 unspecified atom stereocenters. The quantitative estimate of drug-likeness (QED) is 0.312. The lowest BCUT2D eigenvalue weighted by Crippen LogP contribution is -2.19. The van der Waals surface area contributed by atoms with Crippen molar-refractivity contribution in [2.24, 2.45) is 0 Å². The van der Waals surface area contributed by atoms with Crippen molar-refractivity contribution in [1.82, 2.24) is 9.97 Å². The molecule has 0 spiro atoms. The van der Waals surface area contributed by atoms with E-state index in [0.29, 0.717) is 0 Å². The van der Waals surface area contributed by atoms with Gasteiger partial charge in [0.1, 0.15) is 5.65 Å². The minimum absolute atomic E-state index is 0.267. The summed E-state index contributed by atoms with van der Waals surface area (Å²) >= 11 is 1.71. The number of benzene rings is 2. The number of urea groups is 1. The number of rotatable bonds is 4.